The van der Waals surface area contributed by atoms with Crippen LogP contribution < -0.4 is 4.74 Å². The van der Waals surface area contributed by atoms with Crippen molar-refractivity contribution < 1.29 is 19.4 Å². The number of benzene rings is 2. The lowest BCUT2D eigenvalue weighted by Gasteiger charge is -2.26. The van der Waals surface area contributed by atoms with Gasteiger partial charge in [-0.3, -0.25) is 9.59 Å². The molecule has 0 spiro atoms. The second-order valence-corrected chi connectivity index (χ2v) is 8.71. The largest absolute Gasteiger partial charge is 0.497 e. The summed E-state index contributed by atoms with van der Waals surface area (Å²) in [5.41, 5.74) is 4.15. The van der Waals surface area contributed by atoms with Crippen LogP contribution in [0.4, 0.5) is 0 Å². The Kier molecular flexibility index (Phi) is 6.32. The zero-order valence-corrected chi connectivity index (χ0v) is 18.2. The predicted molar refractivity (Wildman–Crippen MR) is 119 cm³/mol. The van der Waals surface area contributed by atoms with Gasteiger partial charge in [0.25, 0.3) is 0 Å². The average molecular weight is 437 g/mol. The lowest BCUT2D eigenvalue weighted by atomic mass is 10.0. The molecule has 0 unspecified atom stereocenters. The van der Waals surface area contributed by atoms with Crippen molar-refractivity contribution in [2.75, 3.05) is 13.7 Å². The molecule has 6 nitrogen and oxygen atoms in total. The van der Waals surface area contributed by atoms with Crippen LogP contribution in [-0.2, 0) is 35.4 Å². The summed E-state index contributed by atoms with van der Waals surface area (Å²) >= 11 is 1.53. The van der Waals surface area contributed by atoms with Crippen molar-refractivity contribution >= 4 is 23.2 Å². The number of hydrogen-bond acceptors (Lipinski definition) is 5. The molecular weight excluding hydrogens is 412 g/mol. The first-order chi connectivity index (χ1) is 15.0. The number of nitrogens with zero attached hydrogens (tertiary/aromatic N) is 2. The van der Waals surface area contributed by atoms with Gasteiger partial charge >= 0.3 is 5.97 Å². The number of ether oxygens (including phenoxy) is 1. The lowest BCUT2D eigenvalue weighted by Crippen LogP contribution is -2.36. The molecule has 1 aliphatic heterocycles. The minimum atomic E-state index is -0.817. The van der Waals surface area contributed by atoms with Crippen molar-refractivity contribution in [3.63, 3.8) is 0 Å². The number of carboxylic acid groups (broad SMARTS) is 1. The summed E-state index contributed by atoms with van der Waals surface area (Å²) in [6, 6.07) is 16.0. The first-order valence-corrected chi connectivity index (χ1v) is 11.0. The topological polar surface area (TPSA) is 79.7 Å². The van der Waals surface area contributed by atoms with E-state index in [1.165, 1.54) is 11.3 Å². The van der Waals surface area contributed by atoms with E-state index in [9.17, 15) is 9.59 Å². The van der Waals surface area contributed by atoms with Crippen LogP contribution in [0.3, 0.4) is 0 Å². The van der Waals surface area contributed by atoms with Crippen LogP contribution in [0.1, 0.15) is 27.6 Å². The molecule has 1 aromatic heterocycles. The van der Waals surface area contributed by atoms with E-state index in [1.807, 2.05) is 53.4 Å². The number of rotatable bonds is 7. The van der Waals surface area contributed by atoms with E-state index in [1.54, 1.807) is 7.11 Å². The third kappa shape index (κ3) is 5.11. The molecule has 0 saturated heterocycles. The van der Waals surface area contributed by atoms with E-state index in [-0.39, 0.29) is 12.3 Å². The van der Waals surface area contributed by atoms with Gasteiger partial charge in [0.15, 0.2) is 0 Å². The van der Waals surface area contributed by atoms with Crippen LogP contribution in [0.25, 0.3) is 11.1 Å². The lowest BCUT2D eigenvalue weighted by molar-refractivity contribution is -0.137. The van der Waals surface area contributed by atoms with Crippen LogP contribution in [-0.4, -0.2) is 40.5 Å². The summed E-state index contributed by atoms with van der Waals surface area (Å²) < 4.78 is 5.29. The molecule has 1 N–H and O–H groups in total. The highest BCUT2D eigenvalue weighted by Crippen LogP contribution is 2.27. The first-order valence-electron chi connectivity index (χ1n) is 10.2. The molecule has 1 amide bonds. The third-order valence-corrected chi connectivity index (χ3v) is 6.54. The quantitative estimate of drug-likeness (QED) is 0.606. The summed E-state index contributed by atoms with van der Waals surface area (Å²) in [5.74, 6) is 0.0954. The molecule has 2 aromatic carbocycles. The van der Waals surface area contributed by atoms with Gasteiger partial charge in [-0.15, -0.1) is 11.3 Å². The van der Waals surface area contributed by atoms with E-state index in [0.717, 1.165) is 44.4 Å². The third-order valence-electron chi connectivity index (χ3n) is 5.39. The first kappa shape index (κ1) is 21.1. The number of carbonyl (C=O) groups excluding carboxylic acids is 1. The molecule has 0 saturated carbocycles. The number of aliphatic carboxylic acids is 1. The second-order valence-electron chi connectivity index (χ2n) is 7.54. The Labute approximate surface area is 185 Å². The van der Waals surface area contributed by atoms with E-state index in [0.29, 0.717) is 25.9 Å². The van der Waals surface area contributed by atoms with Gasteiger partial charge in [0.05, 0.1) is 37.2 Å². The van der Waals surface area contributed by atoms with Gasteiger partial charge in [0.1, 0.15) is 5.75 Å². The van der Waals surface area contributed by atoms with Gasteiger partial charge in [-0.05, 0) is 28.8 Å². The Morgan fingerprint density at radius 3 is 2.71 bits per heavy atom. The van der Waals surface area contributed by atoms with E-state index < -0.39 is 5.97 Å². The van der Waals surface area contributed by atoms with E-state index in [4.69, 9.17) is 9.84 Å². The van der Waals surface area contributed by atoms with Gasteiger partial charge < -0.3 is 14.7 Å². The summed E-state index contributed by atoms with van der Waals surface area (Å²) in [4.78, 5) is 31.1. The molecule has 0 atom stereocenters. The van der Waals surface area contributed by atoms with Gasteiger partial charge in [-0.25, -0.2) is 4.98 Å². The zero-order chi connectivity index (χ0) is 21.8. The molecule has 1 aliphatic rings. The van der Waals surface area contributed by atoms with Crippen molar-refractivity contribution in [1.82, 2.24) is 9.88 Å². The molecule has 0 fully saturated rings. The maximum absolute atomic E-state index is 12.9. The van der Waals surface area contributed by atoms with E-state index in [2.05, 4.69) is 4.98 Å². The number of carboxylic acids is 1. The van der Waals surface area contributed by atoms with Crippen molar-refractivity contribution in [1.29, 1.82) is 0 Å². The number of methoxy groups -OCH3 is 1. The fourth-order valence-electron chi connectivity index (χ4n) is 3.69. The Hall–Kier alpha value is -3.19. The fourth-order valence-corrected chi connectivity index (χ4v) is 4.82. The molecule has 4 rings (SSSR count). The van der Waals surface area contributed by atoms with Crippen LogP contribution in [0.2, 0.25) is 0 Å². The monoisotopic (exact) mass is 436 g/mol. The van der Waals surface area contributed by atoms with Crippen LogP contribution in [0.5, 0.6) is 5.75 Å². The number of aryl methyl sites for hydroxylation is 1. The Bertz CT molecular complexity index is 1090. The Balaban J connectivity index is 1.38. The molecule has 0 aliphatic carbocycles. The number of carbonyl (C=O) groups is 2. The second kappa shape index (κ2) is 9.31. The molecule has 2 heterocycles. The van der Waals surface area contributed by atoms with Crippen LogP contribution in [0, 0.1) is 0 Å². The average Bonchev–Trinajstić information content (AvgIpc) is 3.20. The van der Waals surface area contributed by atoms with Crippen LogP contribution >= 0.6 is 11.3 Å². The van der Waals surface area contributed by atoms with Gasteiger partial charge in [-0.1, -0.05) is 36.4 Å². The number of hydrogen-bond donors (Lipinski definition) is 1. The molecule has 160 valence electrons. The summed E-state index contributed by atoms with van der Waals surface area (Å²) in [5, 5.41) is 9.70. The molecule has 0 bridgehead atoms. The maximum Gasteiger partial charge on any atom is 0.303 e. The van der Waals surface area contributed by atoms with Crippen molar-refractivity contribution in [2.45, 2.75) is 32.2 Å². The van der Waals surface area contributed by atoms with Gasteiger partial charge in [0, 0.05) is 24.3 Å². The minimum Gasteiger partial charge on any atom is -0.497 e. The smallest absolute Gasteiger partial charge is 0.303 e. The summed E-state index contributed by atoms with van der Waals surface area (Å²) in [7, 11) is 1.65. The maximum atomic E-state index is 12.9. The van der Waals surface area contributed by atoms with Crippen molar-refractivity contribution in [3.05, 3.63) is 69.7 Å². The van der Waals surface area contributed by atoms with E-state index >= 15 is 0 Å². The predicted octanol–water partition coefficient (Wildman–Crippen LogP) is 3.96. The normalized spacial score (nSPS) is 13.0. The number of aromatic nitrogens is 1. The highest BCUT2D eigenvalue weighted by atomic mass is 32.1. The highest BCUT2D eigenvalue weighted by molar-refractivity contribution is 7.11. The standard InChI is InChI=1S/C24H24N2O4S/c1-30-19-4-2-3-18(14-19)17-7-5-16(6-8-17)13-23(27)26-12-11-20-21(15-26)31-22(25-20)9-10-24(28)29/h2-8,14H,9-13,15H2,1H3,(H,28,29). The minimum absolute atomic E-state index is 0.0841. The highest BCUT2D eigenvalue weighted by Gasteiger charge is 2.24. The summed E-state index contributed by atoms with van der Waals surface area (Å²) in [6.07, 6.45) is 1.61. The number of amides is 1. The molecule has 31 heavy (non-hydrogen) atoms. The molecular formula is C24H24N2O4S. The molecule has 3 aromatic rings. The SMILES string of the molecule is COc1cccc(-c2ccc(CC(=O)N3CCc4nc(CCC(=O)O)sc4C3)cc2)c1. The molecule has 0 radical (unpaired) electrons. The van der Waals surface area contributed by atoms with Crippen LogP contribution in [0.15, 0.2) is 48.5 Å². The number of fused-ring (bicyclic) bond motifs is 1. The van der Waals surface area contributed by atoms with Gasteiger partial charge in [-0.2, -0.15) is 0 Å². The fraction of sp³-hybridized carbons (Fsp3) is 0.292. The molecule has 7 heteroatoms. The van der Waals surface area contributed by atoms with Gasteiger partial charge in [0.2, 0.25) is 5.91 Å². The Morgan fingerprint density at radius 2 is 1.97 bits per heavy atom. The Morgan fingerprint density at radius 1 is 1.16 bits per heavy atom. The number of thiazole rings is 1. The summed E-state index contributed by atoms with van der Waals surface area (Å²) in [6.45, 7) is 1.20. The van der Waals surface area contributed by atoms with Crippen molar-refractivity contribution in [2.24, 2.45) is 0 Å². The van der Waals surface area contributed by atoms with Crippen molar-refractivity contribution in [3.8, 4) is 16.9 Å². The zero-order valence-electron chi connectivity index (χ0n) is 17.3.